The summed E-state index contributed by atoms with van der Waals surface area (Å²) in [5.41, 5.74) is 8.34. The molecule has 54 heavy (non-hydrogen) atoms. The number of nitrogens with one attached hydrogen (secondary N) is 3. The van der Waals surface area contributed by atoms with E-state index >= 15 is 0 Å². The van der Waals surface area contributed by atoms with Gasteiger partial charge in [0.05, 0.1) is 17.5 Å². The Morgan fingerprint density at radius 1 is 0.981 bits per heavy atom. The number of aryl methyl sites for hydroxylation is 2. The molecule has 0 saturated carbocycles. The molecule has 0 spiro atoms. The number of aliphatic hydroxyl groups is 1. The zero-order chi connectivity index (χ0) is 37.0. The molecule has 2 amide bonds. The molecule has 11 nitrogen and oxygen atoms in total. The zero-order valence-corrected chi connectivity index (χ0v) is 30.4. The number of carbonyl (C=O) groups is 2. The number of phenolic OH excluding ortho intramolecular Hbond substituents is 1. The number of amides is 2. The number of piperidine rings is 3. The highest BCUT2D eigenvalue weighted by molar-refractivity contribution is 5.96. The van der Waals surface area contributed by atoms with E-state index in [0.29, 0.717) is 55.4 Å². The number of nitrogens with zero attached hydrogens (tertiary/aromatic N) is 2. The minimum Gasteiger partial charge on any atom is -0.506 e. The molecule has 1 aromatic heterocycles. The van der Waals surface area contributed by atoms with Gasteiger partial charge in [-0.05, 0) is 110 Å². The lowest BCUT2D eigenvalue weighted by Gasteiger charge is -2.43. The number of ether oxygens (including phenoxy) is 1. The maximum Gasteiger partial charge on any atom is 0.411 e. The summed E-state index contributed by atoms with van der Waals surface area (Å²) in [5.74, 6) is 1.02. The van der Waals surface area contributed by atoms with E-state index in [2.05, 4.69) is 51.2 Å². The van der Waals surface area contributed by atoms with E-state index in [0.717, 1.165) is 96.3 Å². The van der Waals surface area contributed by atoms with E-state index < -0.39 is 6.10 Å². The monoisotopic (exact) mass is 729 g/mol. The van der Waals surface area contributed by atoms with Crippen LogP contribution in [0.3, 0.4) is 0 Å². The number of phenols is 1. The SMILES string of the molecule is O=C1CCc2c([C@@H](O)CNCc3ccc4oc(CCCCc5ccc(-c6ccccc6)c(NC(=O)O[C@H]6CN7CCC6CC7)c5)nc4c3)ccc(O)c2N1. The largest absolute Gasteiger partial charge is 0.506 e. The van der Waals surface area contributed by atoms with Crippen molar-refractivity contribution in [1.29, 1.82) is 0 Å². The van der Waals surface area contributed by atoms with E-state index in [9.17, 15) is 19.8 Å². The first-order valence-electron chi connectivity index (χ1n) is 19.2. The van der Waals surface area contributed by atoms with Crippen molar-refractivity contribution in [3.05, 3.63) is 107 Å². The molecule has 5 heterocycles. The summed E-state index contributed by atoms with van der Waals surface area (Å²) in [4.78, 5) is 32.1. The van der Waals surface area contributed by atoms with E-state index in [4.69, 9.17) is 14.1 Å². The maximum atomic E-state index is 13.2. The van der Waals surface area contributed by atoms with Crippen molar-refractivity contribution < 1.29 is 29.0 Å². The predicted octanol–water partition coefficient (Wildman–Crippen LogP) is 7.12. The van der Waals surface area contributed by atoms with Crippen molar-refractivity contribution in [2.45, 2.75) is 70.1 Å². The van der Waals surface area contributed by atoms with Gasteiger partial charge < -0.3 is 30.0 Å². The molecule has 5 aromatic rings. The Morgan fingerprint density at radius 3 is 2.61 bits per heavy atom. The second-order valence-electron chi connectivity index (χ2n) is 14.8. The molecular weight excluding hydrogens is 683 g/mol. The standard InChI is InChI=1S/C43H47N5O6/c49-36-15-13-32(33-14-17-40(51)47-42(33)36)37(50)25-44-24-28-11-16-38-35(23-28)45-41(53-38)9-5-4-6-27-10-12-31(29-7-2-1-3-8-29)34(22-27)46-43(52)54-39-26-48-20-18-30(39)19-21-48/h1-3,7-8,10-13,15-16,22-23,30,37,39,44,49-50H,4-6,9,14,17-21,24-26H2,(H,46,52)(H,47,51)/t37-,39-/m0/s1. The van der Waals surface area contributed by atoms with Crippen LogP contribution in [0.4, 0.5) is 16.2 Å². The molecule has 4 aliphatic heterocycles. The normalized spacial score (nSPS) is 19.6. The van der Waals surface area contributed by atoms with Gasteiger partial charge in [-0.1, -0.05) is 54.6 Å². The van der Waals surface area contributed by atoms with Crippen molar-refractivity contribution >= 4 is 34.5 Å². The van der Waals surface area contributed by atoms with Gasteiger partial charge in [-0.2, -0.15) is 0 Å². The number of benzene rings is 4. The molecule has 9 rings (SSSR count). The van der Waals surface area contributed by atoms with Crippen molar-refractivity contribution in [2.75, 3.05) is 36.8 Å². The Kier molecular flexibility index (Phi) is 10.6. The van der Waals surface area contributed by atoms with Gasteiger partial charge in [0.15, 0.2) is 11.5 Å². The average molecular weight is 730 g/mol. The Morgan fingerprint density at radius 2 is 1.80 bits per heavy atom. The van der Waals surface area contributed by atoms with Crippen LogP contribution < -0.4 is 16.0 Å². The third kappa shape index (κ3) is 8.13. The summed E-state index contributed by atoms with van der Waals surface area (Å²) < 4.78 is 12.0. The molecule has 3 fully saturated rings. The number of hydrogen-bond acceptors (Lipinski definition) is 9. The van der Waals surface area contributed by atoms with Crippen LogP contribution in [0.15, 0.2) is 83.3 Å². The summed E-state index contributed by atoms with van der Waals surface area (Å²) in [6, 6.07) is 25.6. The van der Waals surface area contributed by atoms with Crippen molar-refractivity contribution in [2.24, 2.45) is 5.92 Å². The van der Waals surface area contributed by atoms with Crippen molar-refractivity contribution in [1.82, 2.24) is 15.2 Å². The van der Waals surface area contributed by atoms with E-state index in [1.54, 1.807) is 6.07 Å². The molecular formula is C43H47N5O6. The summed E-state index contributed by atoms with van der Waals surface area (Å²) >= 11 is 0. The second kappa shape index (κ2) is 16.0. The van der Waals surface area contributed by atoms with Gasteiger partial charge in [-0.15, -0.1) is 0 Å². The van der Waals surface area contributed by atoms with Crippen LogP contribution in [0.25, 0.3) is 22.2 Å². The van der Waals surface area contributed by atoms with Crippen LogP contribution in [0.5, 0.6) is 5.75 Å². The number of fused-ring (bicyclic) bond motifs is 5. The fourth-order valence-electron chi connectivity index (χ4n) is 8.16. The Balaban J connectivity index is 0.842. The number of anilines is 2. The molecule has 0 unspecified atom stereocenters. The van der Waals surface area contributed by atoms with Crippen LogP contribution in [0, 0.1) is 5.92 Å². The molecule has 2 bridgehead atoms. The first kappa shape index (κ1) is 35.8. The van der Waals surface area contributed by atoms with Crippen LogP contribution in [0.2, 0.25) is 0 Å². The minimum absolute atomic E-state index is 0.0114. The van der Waals surface area contributed by atoms with Crippen LogP contribution in [-0.4, -0.2) is 64.4 Å². The van der Waals surface area contributed by atoms with Crippen molar-refractivity contribution in [3.63, 3.8) is 0 Å². The van der Waals surface area contributed by atoms with Gasteiger partial charge in [0.2, 0.25) is 5.91 Å². The number of aromatic hydroxyl groups is 1. The third-order valence-electron chi connectivity index (χ3n) is 11.1. The Bertz CT molecular complexity index is 2130. The molecule has 0 radical (unpaired) electrons. The second-order valence-corrected chi connectivity index (χ2v) is 14.8. The molecule has 11 heteroatoms. The molecule has 2 atom stereocenters. The average Bonchev–Trinajstić information content (AvgIpc) is 3.60. The fraction of sp³-hybridized carbons (Fsp3) is 0.372. The number of unbranched alkanes of at least 4 members (excludes halogenated alkanes) is 1. The van der Waals surface area contributed by atoms with Gasteiger partial charge in [-0.3, -0.25) is 15.0 Å². The molecule has 3 saturated heterocycles. The molecule has 4 aromatic carbocycles. The molecule has 4 aliphatic rings. The van der Waals surface area contributed by atoms with E-state index in [1.165, 1.54) is 6.07 Å². The van der Waals surface area contributed by atoms with Crippen LogP contribution in [-0.2, 0) is 35.3 Å². The lowest BCUT2D eigenvalue weighted by molar-refractivity contribution is -0.116. The smallest absolute Gasteiger partial charge is 0.411 e. The third-order valence-corrected chi connectivity index (χ3v) is 11.1. The number of aromatic nitrogens is 1. The maximum absolute atomic E-state index is 13.2. The highest BCUT2D eigenvalue weighted by atomic mass is 16.6. The van der Waals surface area contributed by atoms with Gasteiger partial charge in [0.25, 0.3) is 0 Å². The number of rotatable bonds is 13. The van der Waals surface area contributed by atoms with Gasteiger partial charge in [0, 0.05) is 38.0 Å². The summed E-state index contributed by atoms with van der Waals surface area (Å²) in [6.07, 6.45) is 5.14. The highest BCUT2D eigenvalue weighted by Gasteiger charge is 2.36. The summed E-state index contributed by atoms with van der Waals surface area (Å²) in [6.45, 7) is 3.86. The number of hydrogen-bond donors (Lipinski definition) is 5. The van der Waals surface area contributed by atoms with Crippen LogP contribution >= 0.6 is 0 Å². The first-order valence-corrected chi connectivity index (χ1v) is 19.2. The Hall–Kier alpha value is -5.23. The highest BCUT2D eigenvalue weighted by Crippen LogP contribution is 2.37. The zero-order valence-electron chi connectivity index (χ0n) is 30.4. The quantitative estimate of drug-likeness (QED) is 0.0631. The fourth-order valence-corrected chi connectivity index (χ4v) is 8.16. The first-order chi connectivity index (χ1) is 26.4. The topological polar surface area (TPSA) is 149 Å². The summed E-state index contributed by atoms with van der Waals surface area (Å²) in [5, 5.41) is 30.3. The molecule has 0 aliphatic carbocycles. The van der Waals surface area contributed by atoms with Gasteiger partial charge in [-0.25, -0.2) is 9.78 Å². The summed E-state index contributed by atoms with van der Waals surface area (Å²) in [7, 11) is 0. The number of carbonyl (C=O) groups excluding carboxylic acids is 2. The van der Waals surface area contributed by atoms with Crippen molar-refractivity contribution in [3.8, 4) is 16.9 Å². The van der Waals surface area contributed by atoms with E-state index in [-0.39, 0.29) is 23.9 Å². The minimum atomic E-state index is -0.794. The van der Waals surface area contributed by atoms with Gasteiger partial charge >= 0.3 is 6.09 Å². The molecule has 5 N–H and O–H groups in total. The number of aliphatic hydroxyl groups excluding tert-OH is 1. The Labute approximate surface area is 314 Å². The van der Waals surface area contributed by atoms with Gasteiger partial charge in [0.1, 0.15) is 17.4 Å². The molecule has 280 valence electrons. The lowest BCUT2D eigenvalue weighted by Crippen LogP contribution is -2.52. The van der Waals surface area contributed by atoms with E-state index in [1.807, 2.05) is 36.4 Å². The predicted molar refractivity (Wildman–Crippen MR) is 207 cm³/mol. The lowest BCUT2D eigenvalue weighted by atomic mass is 9.86. The van der Waals surface area contributed by atoms with Crippen LogP contribution in [0.1, 0.15) is 66.4 Å². The number of oxazole rings is 1.